The van der Waals surface area contributed by atoms with Gasteiger partial charge in [-0.15, -0.1) is 0 Å². The van der Waals surface area contributed by atoms with Gasteiger partial charge in [0.05, 0.1) is 33.1 Å². The van der Waals surface area contributed by atoms with Crippen LogP contribution in [0.15, 0.2) is 55.0 Å². The van der Waals surface area contributed by atoms with Gasteiger partial charge in [-0.2, -0.15) is 0 Å². The maximum absolute atomic E-state index is 11.2. The van der Waals surface area contributed by atoms with Crippen molar-refractivity contribution in [2.24, 2.45) is 5.73 Å². The van der Waals surface area contributed by atoms with Gasteiger partial charge in [-0.1, -0.05) is 35.3 Å². The van der Waals surface area contributed by atoms with Crippen LogP contribution in [0.3, 0.4) is 0 Å². The molecule has 2 aromatic carbocycles. The van der Waals surface area contributed by atoms with Crippen molar-refractivity contribution in [2.75, 3.05) is 11.9 Å². The van der Waals surface area contributed by atoms with Gasteiger partial charge in [-0.3, -0.25) is 4.79 Å². The molecular weight excluding hydrogens is 423 g/mol. The summed E-state index contributed by atoms with van der Waals surface area (Å²) >= 11 is 12.2. The minimum Gasteiger partial charge on any atom is -0.366 e. The Morgan fingerprint density at radius 2 is 1.83 bits per heavy atom. The second kappa shape index (κ2) is 8.69. The molecule has 2 heterocycles. The largest absolute Gasteiger partial charge is 0.366 e. The monoisotopic (exact) mass is 440 g/mol. The molecule has 0 fully saturated rings. The maximum atomic E-state index is 11.2. The van der Waals surface area contributed by atoms with E-state index in [-0.39, 0.29) is 0 Å². The van der Waals surface area contributed by atoms with E-state index in [1.54, 1.807) is 30.7 Å². The minimum absolute atomic E-state index is 0.456. The third-order valence-electron chi connectivity index (χ3n) is 4.64. The van der Waals surface area contributed by atoms with Crippen LogP contribution in [0.5, 0.6) is 0 Å². The van der Waals surface area contributed by atoms with E-state index in [0.29, 0.717) is 28.1 Å². The predicted octanol–water partition coefficient (Wildman–Crippen LogP) is 4.40. The maximum Gasteiger partial charge on any atom is 0.248 e. The van der Waals surface area contributed by atoms with E-state index >= 15 is 0 Å². The van der Waals surface area contributed by atoms with E-state index in [4.69, 9.17) is 28.9 Å². The number of aryl methyl sites for hydroxylation is 1. The van der Waals surface area contributed by atoms with Gasteiger partial charge >= 0.3 is 0 Å². The van der Waals surface area contributed by atoms with E-state index in [2.05, 4.69) is 20.3 Å². The summed E-state index contributed by atoms with van der Waals surface area (Å²) in [6.45, 7) is 1.45. The van der Waals surface area contributed by atoms with Crippen molar-refractivity contribution in [2.45, 2.75) is 13.0 Å². The molecule has 0 saturated heterocycles. The lowest BCUT2D eigenvalue weighted by molar-refractivity contribution is 0.100. The van der Waals surface area contributed by atoms with Crippen molar-refractivity contribution in [1.29, 1.82) is 0 Å². The first kappa shape index (κ1) is 20.1. The number of carbonyl (C=O) groups is 1. The van der Waals surface area contributed by atoms with Crippen molar-refractivity contribution in [3.63, 3.8) is 0 Å². The van der Waals surface area contributed by atoms with Crippen LogP contribution in [0.2, 0.25) is 10.0 Å². The van der Waals surface area contributed by atoms with Crippen LogP contribution in [-0.2, 0) is 6.54 Å². The normalized spacial score (nSPS) is 11.0. The van der Waals surface area contributed by atoms with Gasteiger partial charge in [0.1, 0.15) is 0 Å². The van der Waals surface area contributed by atoms with Crippen molar-refractivity contribution in [3.8, 4) is 11.3 Å². The zero-order valence-corrected chi connectivity index (χ0v) is 17.4. The SMILES string of the molecule is NC(=O)c1ccc(-c2ccnc(NCCCn3cnc4cc(Cl)c(Cl)cc43)n2)cc1. The number of benzene rings is 2. The Hall–Kier alpha value is -3.16. The number of primary amides is 1. The first-order valence-corrected chi connectivity index (χ1v) is 10.0. The average molecular weight is 441 g/mol. The molecule has 152 valence electrons. The minimum atomic E-state index is -0.456. The van der Waals surface area contributed by atoms with E-state index in [1.165, 1.54) is 0 Å². The summed E-state index contributed by atoms with van der Waals surface area (Å²) in [7, 11) is 0. The van der Waals surface area contributed by atoms with Crippen molar-refractivity contribution >= 4 is 46.1 Å². The summed E-state index contributed by atoms with van der Waals surface area (Å²) < 4.78 is 2.04. The number of aromatic nitrogens is 4. The van der Waals surface area contributed by atoms with Crippen molar-refractivity contribution in [1.82, 2.24) is 19.5 Å². The first-order chi connectivity index (χ1) is 14.5. The number of nitrogens with zero attached hydrogens (tertiary/aromatic N) is 4. The van der Waals surface area contributed by atoms with Crippen LogP contribution in [-0.4, -0.2) is 32.0 Å². The molecule has 0 aliphatic rings. The Bertz CT molecular complexity index is 1210. The van der Waals surface area contributed by atoms with Crippen LogP contribution < -0.4 is 11.1 Å². The molecule has 0 unspecified atom stereocenters. The van der Waals surface area contributed by atoms with Crippen LogP contribution in [0.1, 0.15) is 16.8 Å². The van der Waals surface area contributed by atoms with E-state index in [1.807, 2.05) is 28.8 Å². The van der Waals surface area contributed by atoms with E-state index < -0.39 is 5.91 Å². The molecular formula is C21H18Cl2N6O. The third kappa shape index (κ3) is 4.37. The fourth-order valence-electron chi connectivity index (χ4n) is 3.09. The Labute approximate surface area is 182 Å². The van der Waals surface area contributed by atoms with Gasteiger partial charge in [0, 0.05) is 30.4 Å². The standard InChI is InChI=1S/C21H18Cl2N6O/c22-15-10-18-19(11-16(15)23)29(12-27-18)9-1-7-25-21-26-8-6-17(28-21)13-2-4-14(5-3-13)20(24)30/h2-6,8,10-12H,1,7,9H2,(H2,24,30)(H,25,26,28). The highest BCUT2D eigenvalue weighted by atomic mass is 35.5. The summed E-state index contributed by atoms with van der Waals surface area (Å²) in [5.41, 5.74) is 9.14. The van der Waals surface area contributed by atoms with Gasteiger partial charge in [-0.25, -0.2) is 15.0 Å². The molecule has 2 aromatic heterocycles. The highest BCUT2D eigenvalue weighted by molar-refractivity contribution is 6.42. The molecule has 0 aliphatic carbocycles. The molecule has 0 radical (unpaired) electrons. The van der Waals surface area contributed by atoms with Gasteiger partial charge in [-0.05, 0) is 36.8 Å². The molecule has 0 aliphatic heterocycles. The summed E-state index contributed by atoms with van der Waals surface area (Å²) in [6, 6.07) is 12.4. The van der Waals surface area contributed by atoms with Crippen LogP contribution in [0.25, 0.3) is 22.3 Å². The number of amides is 1. The number of halogens is 2. The lowest BCUT2D eigenvalue weighted by Gasteiger charge is -2.08. The smallest absolute Gasteiger partial charge is 0.248 e. The summed E-state index contributed by atoms with van der Waals surface area (Å²) in [5.74, 6) is 0.0828. The summed E-state index contributed by atoms with van der Waals surface area (Å²) in [5, 5.41) is 4.25. The number of nitrogens with one attached hydrogen (secondary N) is 1. The number of hydrogen-bond acceptors (Lipinski definition) is 5. The zero-order valence-electron chi connectivity index (χ0n) is 15.8. The number of fused-ring (bicyclic) bond motifs is 1. The molecule has 4 aromatic rings. The summed E-state index contributed by atoms with van der Waals surface area (Å²) in [4.78, 5) is 24.4. The molecule has 9 heteroatoms. The van der Waals surface area contributed by atoms with Crippen LogP contribution in [0, 0.1) is 0 Å². The molecule has 0 bridgehead atoms. The number of imidazole rings is 1. The van der Waals surface area contributed by atoms with Crippen LogP contribution >= 0.6 is 23.2 Å². The second-order valence-electron chi connectivity index (χ2n) is 6.68. The van der Waals surface area contributed by atoms with Gasteiger partial charge < -0.3 is 15.6 Å². The number of carbonyl (C=O) groups excluding carboxylic acids is 1. The number of hydrogen-bond donors (Lipinski definition) is 2. The zero-order chi connectivity index (χ0) is 21.1. The third-order valence-corrected chi connectivity index (χ3v) is 5.36. The number of anilines is 1. The summed E-state index contributed by atoms with van der Waals surface area (Å²) in [6.07, 6.45) is 4.32. The Morgan fingerprint density at radius 3 is 2.60 bits per heavy atom. The predicted molar refractivity (Wildman–Crippen MR) is 119 cm³/mol. The topological polar surface area (TPSA) is 98.7 Å². The molecule has 0 spiro atoms. The average Bonchev–Trinajstić information content (AvgIpc) is 3.13. The molecule has 0 atom stereocenters. The fourth-order valence-corrected chi connectivity index (χ4v) is 3.41. The van der Waals surface area contributed by atoms with E-state index in [0.717, 1.165) is 35.3 Å². The van der Waals surface area contributed by atoms with Crippen molar-refractivity contribution < 1.29 is 4.79 Å². The highest BCUT2D eigenvalue weighted by Crippen LogP contribution is 2.27. The fraction of sp³-hybridized carbons (Fsp3) is 0.143. The van der Waals surface area contributed by atoms with Gasteiger partial charge in [0.25, 0.3) is 0 Å². The number of rotatable bonds is 7. The molecule has 3 N–H and O–H groups in total. The molecule has 30 heavy (non-hydrogen) atoms. The number of nitrogens with two attached hydrogens (primary N) is 1. The lowest BCUT2D eigenvalue weighted by atomic mass is 10.1. The van der Waals surface area contributed by atoms with Gasteiger partial charge in [0.15, 0.2) is 0 Å². The Balaban J connectivity index is 1.37. The van der Waals surface area contributed by atoms with Crippen molar-refractivity contribution in [3.05, 3.63) is 70.6 Å². The molecule has 1 amide bonds. The Morgan fingerprint density at radius 1 is 1.07 bits per heavy atom. The second-order valence-corrected chi connectivity index (χ2v) is 7.49. The molecule has 4 rings (SSSR count). The lowest BCUT2D eigenvalue weighted by Crippen LogP contribution is -2.10. The first-order valence-electron chi connectivity index (χ1n) is 9.28. The van der Waals surface area contributed by atoms with E-state index in [9.17, 15) is 4.79 Å². The van der Waals surface area contributed by atoms with Crippen LogP contribution in [0.4, 0.5) is 5.95 Å². The Kier molecular flexibility index (Phi) is 5.83. The quantitative estimate of drug-likeness (QED) is 0.414. The molecule has 7 nitrogen and oxygen atoms in total. The molecule has 0 saturated carbocycles. The van der Waals surface area contributed by atoms with Gasteiger partial charge in [0.2, 0.25) is 11.9 Å². The highest BCUT2D eigenvalue weighted by Gasteiger charge is 2.08.